The average Bonchev–Trinajstić information content (AvgIpc) is 2.34. The summed E-state index contributed by atoms with van der Waals surface area (Å²) in [5.41, 5.74) is 6.22. The van der Waals surface area contributed by atoms with E-state index in [9.17, 15) is 14.2 Å². The molecule has 2 atom stereocenters. The summed E-state index contributed by atoms with van der Waals surface area (Å²) in [5, 5.41) is 17.4. The van der Waals surface area contributed by atoms with Crippen molar-refractivity contribution in [3.63, 3.8) is 0 Å². The van der Waals surface area contributed by atoms with Gasteiger partial charge in [-0.05, 0) is 5.56 Å². The number of carboxylic acids is 2. The molecule has 0 aliphatic carbocycles. The molecule has 0 saturated carbocycles. The first-order valence-electron chi connectivity index (χ1n) is 5.81. The number of aliphatic carboxylic acids is 2. The molecule has 1 aromatic rings. The highest BCUT2D eigenvalue weighted by Crippen LogP contribution is 2.42. The van der Waals surface area contributed by atoms with Crippen LogP contribution in [-0.4, -0.2) is 28.8 Å². The first kappa shape index (κ1) is 16.4. The van der Waals surface area contributed by atoms with E-state index in [0.29, 0.717) is 5.56 Å². The Morgan fingerprint density at radius 2 is 1.85 bits per heavy atom. The lowest BCUT2D eigenvalue weighted by atomic mass is 10.1. The van der Waals surface area contributed by atoms with Crippen LogP contribution in [0.5, 0.6) is 0 Å². The van der Waals surface area contributed by atoms with Crippen molar-refractivity contribution in [2.45, 2.75) is 12.6 Å². The molecule has 4 N–H and O–H groups in total. The van der Waals surface area contributed by atoms with Crippen LogP contribution in [0.2, 0.25) is 0 Å². The minimum atomic E-state index is -3.51. The van der Waals surface area contributed by atoms with Gasteiger partial charge >= 0.3 is 11.9 Å². The normalized spacial score (nSPS) is 15.2. The Labute approximate surface area is 115 Å². The minimum Gasteiger partial charge on any atom is -0.481 e. The fourth-order valence-corrected chi connectivity index (χ4v) is 2.77. The zero-order valence-corrected chi connectivity index (χ0v) is 11.5. The molecule has 0 spiro atoms. The van der Waals surface area contributed by atoms with Gasteiger partial charge in [0.15, 0.2) is 0 Å². The second kappa shape index (κ2) is 7.19. The van der Waals surface area contributed by atoms with Crippen molar-refractivity contribution >= 4 is 19.5 Å². The van der Waals surface area contributed by atoms with Crippen LogP contribution in [-0.2, 0) is 24.8 Å². The summed E-state index contributed by atoms with van der Waals surface area (Å²) in [6.45, 7) is -0.498. The molecule has 0 aromatic heterocycles. The second-order valence-electron chi connectivity index (χ2n) is 4.30. The number of carbonyl (C=O) groups is 2. The Kier molecular flexibility index (Phi) is 5.88. The van der Waals surface area contributed by atoms with E-state index in [0.717, 1.165) is 0 Å². The van der Waals surface area contributed by atoms with Crippen molar-refractivity contribution in [1.82, 2.24) is 0 Å². The van der Waals surface area contributed by atoms with Crippen molar-refractivity contribution in [3.8, 4) is 0 Å². The topological polar surface area (TPSA) is 127 Å². The summed E-state index contributed by atoms with van der Waals surface area (Å²) in [6, 6.07) is 8.72. The van der Waals surface area contributed by atoms with Crippen LogP contribution in [0.4, 0.5) is 0 Å². The number of hydrogen-bond donors (Lipinski definition) is 3. The van der Waals surface area contributed by atoms with E-state index in [2.05, 4.69) is 0 Å². The van der Waals surface area contributed by atoms with E-state index in [-0.39, 0.29) is 6.16 Å². The van der Waals surface area contributed by atoms with Crippen molar-refractivity contribution < 1.29 is 28.9 Å². The molecule has 0 amide bonds. The van der Waals surface area contributed by atoms with Crippen LogP contribution in [0.15, 0.2) is 30.3 Å². The molecular weight excluding hydrogens is 285 g/mol. The summed E-state index contributed by atoms with van der Waals surface area (Å²) < 4.78 is 17.0. The molecule has 20 heavy (non-hydrogen) atoms. The first-order valence-corrected chi connectivity index (χ1v) is 7.69. The van der Waals surface area contributed by atoms with E-state index >= 15 is 0 Å². The molecule has 0 fully saturated rings. The third-order valence-electron chi connectivity index (χ3n) is 2.51. The van der Waals surface area contributed by atoms with E-state index in [1.54, 1.807) is 30.3 Å². The predicted octanol–water partition coefficient (Wildman–Crippen LogP) is 1.53. The molecule has 0 saturated heterocycles. The standard InChI is InChI=1S/C12H16NO6P/c13-20(18,8-9-4-2-1-3-5-9)19-7-10(12(16)17)6-11(14)15/h1-5,10H,6-8H2,(H2,13,18)(H,14,15)(H,16,17). The Hall–Kier alpha value is -1.69. The van der Waals surface area contributed by atoms with Gasteiger partial charge in [0, 0.05) is 0 Å². The van der Waals surface area contributed by atoms with Gasteiger partial charge in [0.2, 0.25) is 0 Å². The third kappa shape index (κ3) is 5.97. The van der Waals surface area contributed by atoms with Crippen LogP contribution in [0.3, 0.4) is 0 Å². The van der Waals surface area contributed by atoms with Crippen LogP contribution in [0, 0.1) is 5.92 Å². The van der Waals surface area contributed by atoms with E-state index in [4.69, 9.17) is 20.2 Å². The van der Waals surface area contributed by atoms with Crippen LogP contribution in [0.1, 0.15) is 12.0 Å². The lowest BCUT2D eigenvalue weighted by molar-refractivity contribution is -0.149. The smallest absolute Gasteiger partial charge is 0.309 e. The van der Waals surface area contributed by atoms with E-state index in [1.165, 1.54) is 0 Å². The van der Waals surface area contributed by atoms with Gasteiger partial charge in [0.1, 0.15) is 0 Å². The van der Waals surface area contributed by atoms with Gasteiger partial charge < -0.3 is 14.7 Å². The largest absolute Gasteiger partial charge is 0.481 e. The maximum Gasteiger partial charge on any atom is 0.309 e. The summed E-state index contributed by atoms with van der Waals surface area (Å²) in [5.74, 6) is -3.87. The number of rotatable bonds is 8. The van der Waals surface area contributed by atoms with Crippen molar-refractivity contribution in [3.05, 3.63) is 35.9 Å². The predicted molar refractivity (Wildman–Crippen MR) is 71.3 cm³/mol. The van der Waals surface area contributed by atoms with Gasteiger partial charge in [-0.2, -0.15) is 0 Å². The molecule has 0 aliphatic rings. The molecule has 0 bridgehead atoms. The average molecular weight is 301 g/mol. The minimum absolute atomic E-state index is 0.0345. The Balaban J connectivity index is 2.59. The molecule has 1 rings (SSSR count). The summed E-state index contributed by atoms with van der Waals surface area (Å²) >= 11 is 0. The van der Waals surface area contributed by atoms with Crippen molar-refractivity contribution in [1.29, 1.82) is 0 Å². The molecule has 0 heterocycles. The Morgan fingerprint density at radius 3 is 2.35 bits per heavy atom. The van der Waals surface area contributed by atoms with Crippen molar-refractivity contribution in [2.24, 2.45) is 11.4 Å². The zero-order chi connectivity index (χ0) is 15.2. The van der Waals surface area contributed by atoms with Gasteiger partial charge in [-0.25, -0.2) is 0 Å². The molecular formula is C12H16NO6P. The number of nitrogens with two attached hydrogens (primary N) is 1. The fraction of sp³-hybridized carbons (Fsp3) is 0.333. The van der Waals surface area contributed by atoms with E-state index < -0.39 is 38.4 Å². The second-order valence-corrected chi connectivity index (χ2v) is 6.33. The Bertz CT molecular complexity index is 518. The number of carboxylic acid groups (broad SMARTS) is 2. The van der Waals surface area contributed by atoms with E-state index in [1.807, 2.05) is 0 Å². The van der Waals surface area contributed by atoms with Gasteiger partial charge in [-0.1, -0.05) is 30.3 Å². The fourth-order valence-electron chi connectivity index (χ4n) is 1.53. The molecule has 0 radical (unpaired) electrons. The molecule has 110 valence electrons. The monoisotopic (exact) mass is 301 g/mol. The lowest BCUT2D eigenvalue weighted by Gasteiger charge is -2.16. The highest BCUT2D eigenvalue weighted by atomic mass is 31.2. The van der Waals surface area contributed by atoms with Gasteiger partial charge in [-0.15, -0.1) is 0 Å². The first-order chi connectivity index (χ1) is 9.30. The molecule has 1 aromatic carbocycles. The summed E-state index contributed by atoms with van der Waals surface area (Å²) in [4.78, 5) is 21.3. The lowest BCUT2D eigenvalue weighted by Crippen LogP contribution is -2.23. The van der Waals surface area contributed by atoms with Crippen molar-refractivity contribution in [2.75, 3.05) is 6.61 Å². The molecule has 7 nitrogen and oxygen atoms in total. The zero-order valence-electron chi connectivity index (χ0n) is 10.6. The molecule has 2 unspecified atom stereocenters. The maximum atomic E-state index is 12.0. The van der Waals surface area contributed by atoms with Crippen LogP contribution >= 0.6 is 7.52 Å². The van der Waals surface area contributed by atoms with Gasteiger partial charge in [-0.3, -0.25) is 19.7 Å². The highest BCUT2D eigenvalue weighted by molar-refractivity contribution is 7.55. The van der Waals surface area contributed by atoms with Crippen LogP contribution < -0.4 is 5.50 Å². The Morgan fingerprint density at radius 1 is 1.25 bits per heavy atom. The third-order valence-corrected chi connectivity index (χ3v) is 3.90. The summed E-state index contributed by atoms with van der Waals surface area (Å²) in [6.07, 6.45) is -0.645. The maximum absolute atomic E-state index is 12.0. The SMILES string of the molecule is NP(=O)(Cc1ccccc1)OCC(CC(=O)O)C(=O)O. The van der Waals surface area contributed by atoms with Gasteiger partial charge in [0.25, 0.3) is 7.52 Å². The van der Waals surface area contributed by atoms with Crippen LogP contribution in [0.25, 0.3) is 0 Å². The highest BCUT2D eigenvalue weighted by Gasteiger charge is 2.26. The quantitative estimate of drug-likeness (QED) is 0.621. The molecule has 0 aliphatic heterocycles. The molecule has 8 heteroatoms. The number of hydrogen-bond acceptors (Lipinski definition) is 4. The summed E-state index contributed by atoms with van der Waals surface area (Å²) in [7, 11) is -3.51. The van der Waals surface area contributed by atoms with Gasteiger partial charge in [0.05, 0.1) is 25.1 Å². The number of benzene rings is 1.